The third-order valence-electron chi connectivity index (χ3n) is 6.33. The van der Waals surface area contributed by atoms with E-state index in [9.17, 15) is 13.6 Å². The highest BCUT2D eigenvalue weighted by Gasteiger charge is 2.29. The molecule has 0 radical (unpaired) electrons. The van der Waals surface area contributed by atoms with E-state index in [4.69, 9.17) is 9.47 Å². The standard InChI is InChI=1S/C33H33F2O3S/c1-32(2,3)23-6-8-24(9-7-23)33(4,5)38-31(36)22-37-27-14-20-30(21-15-27)39(28-16-10-25(34)11-17-28)29-18-12-26(35)13-19-29/h6-21H,22H2,1-5H3/q+1. The van der Waals surface area contributed by atoms with E-state index in [0.717, 1.165) is 20.2 Å². The van der Waals surface area contributed by atoms with Crippen molar-refractivity contribution in [2.75, 3.05) is 6.61 Å². The molecule has 0 saturated carbocycles. The van der Waals surface area contributed by atoms with E-state index >= 15 is 0 Å². The predicted octanol–water partition coefficient (Wildman–Crippen LogP) is 8.22. The molecule has 4 aromatic carbocycles. The molecule has 0 aliphatic rings. The molecule has 0 aliphatic heterocycles. The quantitative estimate of drug-likeness (QED) is 0.165. The number of carbonyl (C=O) groups excluding carboxylic acids is 1. The lowest BCUT2D eigenvalue weighted by molar-refractivity contribution is -0.159. The van der Waals surface area contributed by atoms with Crippen LogP contribution in [-0.4, -0.2) is 12.6 Å². The molecule has 39 heavy (non-hydrogen) atoms. The molecular formula is C33H33F2O3S+. The van der Waals surface area contributed by atoms with Gasteiger partial charge in [-0.2, -0.15) is 0 Å². The lowest BCUT2D eigenvalue weighted by Crippen LogP contribution is -2.28. The van der Waals surface area contributed by atoms with Crippen molar-refractivity contribution in [3.63, 3.8) is 0 Å². The Balaban J connectivity index is 1.43. The summed E-state index contributed by atoms with van der Waals surface area (Å²) in [6.07, 6.45) is 0. The lowest BCUT2D eigenvalue weighted by Gasteiger charge is -2.27. The zero-order valence-corrected chi connectivity index (χ0v) is 23.7. The summed E-state index contributed by atoms with van der Waals surface area (Å²) in [5, 5.41) is 0. The molecule has 0 fully saturated rings. The number of halogens is 2. The average molecular weight is 548 g/mol. The molecule has 0 saturated heterocycles. The van der Waals surface area contributed by atoms with E-state index in [0.29, 0.717) is 5.75 Å². The zero-order valence-electron chi connectivity index (χ0n) is 22.8. The number of esters is 1. The first-order valence-electron chi connectivity index (χ1n) is 12.7. The highest BCUT2D eigenvalue weighted by molar-refractivity contribution is 7.97. The van der Waals surface area contributed by atoms with Crippen LogP contribution in [-0.2, 0) is 31.4 Å². The Morgan fingerprint density at radius 3 is 1.49 bits per heavy atom. The van der Waals surface area contributed by atoms with E-state index < -0.39 is 22.5 Å². The van der Waals surface area contributed by atoms with Crippen molar-refractivity contribution in [3.8, 4) is 5.75 Å². The van der Waals surface area contributed by atoms with Crippen molar-refractivity contribution in [1.29, 1.82) is 0 Å². The molecule has 0 N–H and O–H groups in total. The topological polar surface area (TPSA) is 35.5 Å². The number of carbonyl (C=O) groups is 1. The third-order valence-corrected chi connectivity index (χ3v) is 8.56. The van der Waals surface area contributed by atoms with Gasteiger partial charge < -0.3 is 9.47 Å². The normalized spacial score (nSPS) is 11.9. The van der Waals surface area contributed by atoms with Crippen molar-refractivity contribution >= 4 is 16.9 Å². The molecule has 0 unspecified atom stereocenters. The minimum atomic E-state index is -0.806. The van der Waals surface area contributed by atoms with Crippen molar-refractivity contribution in [1.82, 2.24) is 0 Å². The van der Waals surface area contributed by atoms with Crippen LogP contribution in [0, 0.1) is 11.6 Å². The van der Waals surface area contributed by atoms with Crippen LogP contribution in [0.3, 0.4) is 0 Å². The number of benzene rings is 4. The Kier molecular flexibility index (Phi) is 8.45. The highest BCUT2D eigenvalue weighted by Crippen LogP contribution is 2.33. The van der Waals surface area contributed by atoms with Gasteiger partial charge in [-0.1, -0.05) is 45.0 Å². The van der Waals surface area contributed by atoms with Crippen molar-refractivity contribution in [2.45, 2.75) is 60.3 Å². The lowest BCUT2D eigenvalue weighted by atomic mass is 9.85. The van der Waals surface area contributed by atoms with Gasteiger partial charge in [0.2, 0.25) is 0 Å². The molecule has 0 atom stereocenters. The maximum Gasteiger partial charge on any atom is 0.345 e. The van der Waals surface area contributed by atoms with E-state index in [2.05, 4.69) is 32.9 Å². The first kappa shape index (κ1) is 28.4. The van der Waals surface area contributed by atoms with Crippen molar-refractivity contribution in [2.24, 2.45) is 0 Å². The molecule has 0 aromatic heterocycles. The Labute approximate surface area is 232 Å². The Bertz CT molecular complexity index is 1340. The summed E-state index contributed by atoms with van der Waals surface area (Å²) < 4.78 is 38.6. The van der Waals surface area contributed by atoms with Gasteiger partial charge in [0, 0.05) is 0 Å². The number of hydrogen-bond acceptors (Lipinski definition) is 3. The van der Waals surface area contributed by atoms with Crippen LogP contribution >= 0.6 is 0 Å². The first-order valence-corrected chi connectivity index (χ1v) is 14.0. The van der Waals surface area contributed by atoms with E-state index in [-0.39, 0.29) is 23.7 Å². The van der Waals surface area contributed by atoms with Crippen LogP contribution in [0.5, 0.6) is 5.75 Å². The molecule has 0 aliphatic carbocycles. The van der Waals surface area contributed by atoms with Gasteiger partial charge in [0.15, 0.2) is 21.3 Å². The maximum atomic E-state index is 13.6. The fourth-order valence-electron chi connectivity index (χ4n) is 4.11. The monoisotopic (exact) mass is 547 g/mol. The van der Waals surface area contributed by atoms with Gasteiger partial charge in [-0.25, -0.2) is 13.6 Å². The number of rotatable bonds is 8. The van der Waals surface area contributed by atoms with E-state index in [1.165, 1.54) is 29.8 Å². The first-order chi connectivity index (χ1) is 18.4. The van der Waals surface area contributed by atoms with Crippen molar-refractivity contribution < 1.29 is 23.0 Å². The summed E-state index contributed by atoms with van der Waals surface area (Å²) in [5.41, 5.74) is 1.35. The number of ether oxygens (including phenoxy) is 2. The van der Waals surface area contributed by atoms with Gasteiger partial charge in [0.05, 0.1) is 10.9 Å². The van der Waals surface area contributed by atoms with Crippen LogP contribution in [0.4, 0.5) is 8.78 Å². The molecule has 202 valence electrons. The molecule has 0 spiro atoms. The zero-order chi connectivity index (χ0) is 28.2. The minimum Gasteiger partial charge on any atom is -0.482 e. The van der Waals surface area contributed by atoms with Gasteiger partial charge >= 0.3 is 5.97 Å². The highest BCUT2D eigenvalue weighted by atomic mass is 32.2. The second kappa shape index (κ2) is 11.6. The predicted molar refractivity (Wildman–Crippen MR) is 151 cm³/mol. The van der Waals surface area contributed by atoms with E-state index in [1.54, 1.807) is 36.4 Å². The second-order valence-corrected chi connectivity index (χ2v) is 12.8. The second-order valence-electron chi connectivity index (χ2n) is 10.8. The Hall–Kier alpha value is -3.64. The summed E-state index contributed by atoms with van der Waals surface area (Å²) >= 11 is 0. The summed E-state index contributed by atoms with van der Waals surface area (Å²) in [6, 6.07) is 28.1. The van der Waals surface area contributed by atoms with Crippen LogP contribution in [0.1, 0.15) is 45.7 Å². The van der Waals surface area contributed by atoms with Crippen LogP contribution in [0.2, 0.25) is 0 Å². The molecule has 0 amide bonds. The maximum absolute atomic E-state index is 13.6. The van der Waals surface area contributed by atoms with E-state index in [1.807, 2.05) is 38.1 Å². The summed E-state index contributed by atoms with van der Waals surface area (Å²) in [7, 11) is -0.575. The SMILES string of the molecule is CC(C)(C)c1ccc(C(C)(C)OC(=O)COc2ccc([S+](c3ccc(F)cc3)c3ccc(F)cc3)cc2)cc1. The Morgan fingerprint density at radius 1 is 0.641 bits per heavy atom. The summed E-state index contributed by atoms with van der Waals surface area (Å²) in [6.45, 7) is 9.95. The fourth-order valence-corrected chi connectivity index (χ4v) is 6.15. The smallest absolute Gasteiger partial charge is 0.345 e. The number of hydrogen-bond donors (Lipinski definition) is 0. The molecule has 4 rings (SSSR count). The van der Waals surface area contributed by atoms with Gasteiger partial charge in [0.1, 0.15) is 23.0 Å². The van der Waals surface area contributed by atoms with Gasteiger partial charge in [0.25, 0.3) is 0 Å². The fraction of sp³-hybridized carbons (Fsp3) is 0.242. The summed E-state index contributed by atoms with van der Waals surface area (Å²) in [4.78, 5) is 15.4. The Morgan fingerprint density at radius 2 is 1.05 bits per heavy atom. The molecule has 6 heteroatoms. The van der Waals surface area contributed by atoms with Gasteiger partial charge in [-0.05, 0) is 103 Å². The van der Waals surface area contributed by atoms with Crippen LogP contribution < -0.4 is 4.74 Å². The van der Waals surface area contributed by atoms with Crippen molar-refractivity contribution in [3.05, 3.63) is 120 Å². The third kappa shape index (κ3) is 7.27. The largest absolute Gasteiger partial charge is 0.482 e. The van der Waals surface area contributed by atoms with Crippen LogP contribution in [0.25, 0.3) is 0 Å². The molecule has 3 nitrogen and oxygen atoms in total. The van der Waals surface area contributed by atoms with Gasteiger partial charge in [-0.3, -0.25) is 0 Å². The molecule has 0 heterocycles. The summed E-state index contributed by atoms with van der Waals surface area (Å²) in [5.74, 6) is -0.588. The molecule has 4 aromatic rings. The molecular weight excluding hydrogens is 514 g/mol. The molecule has 0 bridgehead atoms. The van der Waals surface area contributed by atoms with Crippen LogP contribution in [0.15, 0.2) is 112 Å². The average Bonchev–Trinajstić information content (AvgIpc) is 2.90. The minimum absolute atomic E-state index is 0.0429. The van der Waals surface area contributed by atoms with Gasteiger partial charge in [-0.15, -0.1) is 0 Å².